The molecular weight excluding hydrogens is 228 g/mol. The van der Waals surface area contributed by atoms with Crippen molar-refractivity contribution in [2.75, 3.05) is 5.75 Å². The lowest BCUT2D eigenvalue weighted by Crippen LogP contribution is -2.19. The van der Waals surface area contributed by atoms with E-state index in [4.69, 9.17) is 0 Å². The standard InChI is InChI=1S/C10H16N2O3S/c1-7(2)12-10(5-13)8-6-16(14,15)4-3-9(8)11-12/h7,13H,3-6H2,1-2H3. The maximum absolute atomic E-state index is 11.5. The average Bonchev–Trinajstić information content (AvgIpc) is 2.53. The van der Waals surface area contributed by atoms with Gasteiger partial charge in [0, 0.05) is 18.0 Å². The molecule has 90 valence electrons. The highest BCUT2D eigenvalue weighted by Crippen LogP contribution is 2.25. The third-order valence-corrected chi connectivity index (χ3v) is 4.41. The molecule has 0 amide bonds. The van der Waals surface area contributed by atoms with Crippen LogP contribution in [0.25, 0.3) is 0 Å². The van der Waals surface area contributed by atoms with E-state index >= 15 is 0 Å². The molecule has 2 rings (SSSR count). The van der Waals surface area contributed by atoms with Crippen molar-refractivity contribution in [2.45, 2.75) is 38.7 Å². The van der Waals surface area contributed by atoms with Crippen LogP contribution in [0.15, 0.2) is 0 Å². The average molecular weight is 244 g/mol. The second-order valence-electron chi connectivity index (χ2n) is 4.41. The van der Waals surface area contributed by atoms with Crippen LogP contribution in [-0.2, 0) is 28.6 Å². The minimum Gasteiger partial charge on any atom is -0.390 e. The van der Waals surface area contributed by atoms with Crippen LogP contribution in [-0.4, -0.2) is 29.1 Å². The first-order valence-electron chi connectivity index (χ1n) is 5.35. The Kier molecular flexibility index (Phi) is 2.79. The fourth-order valence-electron chi connectivity index (χ4n) is 2.06. The summed E-state index contributed by atoms with van der Waals surface area (Å²) < 4.78 is 24.8. The van der Waals surface area contributed by atoms with Crippen LogP contribution < -0.4 is 0 Å². The number of rotatable bonds is 2. The topological polar surface area (TPSA) is 72.2 Å². The highest BCUT2D eigenvalue weighted by molar-refractivity contribution is 7.90. The Bertz CT molecular complexity index is 502. The van der Waals surface area contributed by atoms with E-state index in [1.54, 1.807) is 4.68 Å². The summed E-state index contributed by atoms with van der Waals surface area (Å²) in [5.74, 6) is 0.185. The molecule has 1 aliphatic heterocycles. The first kappa shape index (κ1) is 11.6. The van der Waals surface area contributed by atoms with Gasteiger partial charge in [0.25, 0.3) is 0 Å². The zero-order valence-corrected chi connectivity index (χ0v) is 10.3. The molecule has 0 unspecified atom stereocenters. The second kappa shape index (κ2) is 3.85. The van der Waals surface area contributed by atoms with Crippen LogP contribution in [0.3, 0.4) is 0 Å². The maximum Gasteiger partial charge on any atom is 0.154 e. The summed E-state index contributed by atoms with van der Waals surface area (Å²) in [4.78, 5) is 0. The van der Waals surface area contributed by atoms with Gasteiger partial charge in [0.1, 0.15) is 0 Å². The van der Waals surface area contributed by atoms with Gasteiger partial charge in [-0.25, -0.2) is 8.42 Å². The van der Waals surface area contributed by atoms with Gasteiger partial charge >= 0.3 is 0 Å². The molecule has 1 N–H and O–H groups in total. The summed E-state index contributed by atoms with van der Waals surface area (Å²) >= 11 is 0. The van der Waals surface area contributed by atoms with E-state index in [1.807, 2.05) is 13.8 Å². The van der Waals surface area contributed by atoms with Crippen molar-refractivity contribution >= 4 is 9.84 Å². The van der Waals surface area contributed by atoms with Crippen molar-refractivity contribution in [3.05, 3.63) is 17.0 Å². The summed E-state index contributed by atoms with van der Waals surface area (Å²) in [7, 11) is -3.01. The van der Waals surface area contributed by atoms with E-state index in [0.717, 1.165) is 5.69 Å². The van der Waals surface area contributed by atoms with E-state index in [2.05, 4.69) is 5.10 Å². The van der Waals surface area contributed by atoms with Crippen LogP contribution >= 0.6 is 0 Å². The monoisotopic (exact) mass is 244 g/mol. The van der Waals surface area contributed by atoms with Gasteiger partial charge in [-0.1, -0.05) is 0 Å². The molecule has 0 aliphatic carbocycles. The number of aliphatic hydroxyl groups is 1. The fourth-order valence-corrected chi connectivity index (χ4v) is 3.48. The molecule has 0 bridgehead atoms. The van der Waals surface area contributed by atoms with Gasteiger partial charge in [0.2, 0.25) is 0 Å². The second-order valence-corrected chi connectivity index (χ2v) is 6.59. The molecule has 1 aromatic heterocycles. The highest BCUT2D eigenvalue weighted by Gasteiger charge is 2.28. The van der Waals surface area contributed by atoms with Crippen molar-refractivity contribution in [3.63, 3.8) is 0 Å². The van der Waals surface area contributed by atoms with Gasteiger partial charge in [-0.2, -0.15) is 5.10 Å². The summed E-state index contributed by atoms with van der Waals surface area (Å²) in [6.45, 7) is 3.77. The number of aromatic nitrogens is 2. The summed E-state index contributed by atoms with van der Waals surface area (Å²) in [6.07, 6.45) is 0.463. The zero-order valence-electron chi connectivity index (χ0n) is 9.47. The molecule has 6 heteroatoms. The SMILES string of the molecule is CC(C)n1nc2c(c1CO)CS(=O)(=O)CC2. The summed E-state index contributed by atoms with van der Waals surface area (Å²) in [5, 5.41) is 13.7. The first-order valence-corrected chi connectivity index (χ1v) is 7.17. The number of hydrogen-bond acceptors (Lipinski definition) is 4. The fraction of sp³-hybridized carbons (Fsp3) is 0.700. The predicted octanol–water partition coefficient (Wildman–Crippen LogP) is 0.427. The zero-order chi connectivity index (χ0) is 11.9. The van der Waals surface area contributed by atoms with Crippen LogP contribution in [0, 0.1) is 0 Å². The number of nitrogens with zero attached hydrogens (tertiary/aromatic N) is 2. The largest absolute Gasteiger partial charge is 0.390 e. The Balaban J connectivity index is 2.54. The van der Waals surface area contributed by atoms with Crippen molar-refractivity contribution in [1.82, 2.24) is 9.78 Å². The lowest BCUT2D eigenvalue weighted by Gasteiger charge is -2.12. The molecule has 0 atom stereocenters. The van der Waals surface area contributed by atoms with Crippen LogP contribution in [0.1, 0.15) is 36.8 Å². The first-order chi connectivity index (χ1) is 7.44. The Morgan fingerprint density at radius 2 is 2.19 bits per heavy atom. The predicted molar refractivity (Wildman–Crippen MR) is 59.7 cm³/mol. The quantitative estimate of drug-likeness (QED) is 0.818. The molecule has 0 aromatic carbocycles. The Labute approximate surface area is 95.0 Å². The van der Waals surface area contributed by atoms with Crippen molar-refractivity contribution in [1.29, 1.82) is 0 Å². The smallest absolute Gasteiger partial charge is 0.154 e. The lowest BCUT2D eigenvalue weighted by molar-refractivity contribution is 0.263. The summed E-state index contributed by atoms with van der Waals surface area (Å²) in [5.41, 5.74) is 2.18. The lowest BCUT2D eigenvalue weighted by atomic mass is 10.1. The molecule has 0 saturated heterocycles. The number of hydrogen-bond donors (Lipinski definition) is 1. The van der Waals surface area contributed by atoms with Gasteiger partial charge in [0.05, 0.1) is 29.5 Å². The van der Waals surface area contributed by atoms with Gasteiger partial charge in [-0.05, 0) is 13.8 Å². The molecule has 16 heavy (non-hydrogen) atoms. The Morgan fingerprint density at radius 1 is 1.50 bits per heavy atom. The van der Waals surface area contributed by atoms with Gasteiger partial charge in [-0.3, -0.25) is 4.68 Å². The molecule has 0 spiro atoms. The van der Waals surface area contributed by atoms with Gasteiger partial charge < -0.3 is 5.11 Å². The van der Waals surface area contributed by atoms with Crippen LogP contribution in [0.4, 0.5) is 0 Å². The minimum atomic E-state index is -3.01. The molecule has 0 saturated carbocycles. The van der Waals surface area contributed by atoms with Crippen LogP contribution in [0.5, 0.6) is 0 Å². The molecular formula is C10H16N2O3S. The maximum atomic E-state index is 11.5. The normalized spacial score (nSPS) is 18.8. The van der Waals surface area contributed by atoms with E-state index in [-0.39, 0.29) is 24.2 Å². The van der Waals surface area contributed by atoms with E-state index in [0.29, 0.717) is 17.7 Å². The number of aliphatic hydroxyl groups excluding tert-OH is 1. The summed E-state index contributed by atoms with van der Waals surface area (Å²) in [6, 6.07) is 0.135. The molecule has 0 radical (unpaired) electrons. The van der Waals surface area contributed by atoms with Crippen LogP contribution in [0.2, 0.25) is 0 Å². The molecule has 1 aliphatic rings. The van der Waals surface area contributed by atoms with Crippen molar-refractivity contribution in [3.8, 4) is 0 Å². The molecule has 1 aromatic rings. The Hall–Kier alpha value is -0.880. The Morgan fingerprint density at radius 3 is 2.75 bits per heavy atom. The highest BCUT2D eigenvalue weighted by atomic mass is 32.2. The van der Waals surface area contributed by atoms with Crippen molar-refractivity contribution < 1.29 is 13.5 Å². The molecule has 5 nitrogen and oxygen atoms in total. The number of sulfone groups is 1. The number of aryl methyl sites for hydroxylation is 1. The molecule has 0 fully saturated rings. The van der Waals surface area contributed by atoms with Crippen molar-refractivity contribution in [2.24, 2.45) is 0 Å². The number of fused-ring (bicyclic) bond motifs is 1. The van der Waals surface area contributed by atoms with E-state index < -0.39 is 9.84 Å². The van der Waals surface area contributed by atoms with E-state index in [1.165, 1.54) is 0 Å². The minimum absolute atomic E-state index is 0.0188. The van der Waals surface area contributed by atoms with Gasteiger partial charge in [-0.15, -0.1) is 0 Å². The third kappa shape index (κ3) is 1.87. The third-order valence-electron chi connectivity index (χ3n) is 2.85. The van der Waals surface area contributed by atoms with Gasteiger partial charge in [0.15, 0.2) is 9.84 Å². The van der Waals surface area contributed by atoms with E-state index in [9.17, 15) is 13.5 Å². The molecule has 2 heterocycles.